The second-order valence-corrected chi connectivity index (χ2v) is 5.66. The lowest BCUT2D eigenvalue weighted by molar-refractivity contribution is 0.0757. The Morgan fingerprint density at radius 3 is 3.00 bits per heavy atom. The van der Waals surface area contributed by atoms with Gasteiger partial charge in [0, 0.05) is 31.1 Å². The van der Waals surface area contributed by atoms with Gasteiger partial charge in [0.05, 0.1) is 11.9 Å². The van der Waals surface area contributed by atoms with Gasteiger partial charge in [0.15, 0.2) is 0 Å². The second-order valence-electron chi connectivity index (χ2n) is 4.11. The van der Waals surface area contributed by atoms with Gasteiger partial charge in [-0.25, -0.2) is 4.98 Å². The molecule has 1 amide bonds. The summed E-state index contributed by atoms with van der Waals surface area (Å²) in [5.74, 6) is 1.06. The van der Waals surface area contributed by atoms with Crippen molar-refractivity contribution in [2.75, 3.05) is 31.2 Å². The van der Waals surface area contributed by atoms with Gasteiger partial charge in [-0.15, -0.1) is 0 Å². The summed E-state index contributed by atoms with van der Waals surface area (Å²) in [6, 6.07) is 3.66. The summed E-state index contributed by atoms with van der Waals surface area (Å²) in [5.41, 5.74) is 1.45. The number of nitrogens with one attached hydrogen (secondary N) is 1. The van der Waals surface area contributed by atoms with E-state index >= 15 is 0 Å². The number of rotatable bonds is 2. The van der Waals surface area contributed by atoms with Crippen LogP contribution in [0.3, 0.4) is 0 Å². The number of amides is 1. The molecule has 1 atom stereocenters. The van der Waals surface area contributed by atoms with Crippen LogP contribution < -0.4 is 5.32 Å². The average Bonchev–Trinajstić information content (AvgIpc) is 2.38. The average molecular weight is 251 g/mol. The summed E-state index contributed by atoms with van der Waals surface area (Å²) in [6.07, 6.45) is 1.69. The maximum Gasteiger partial charge on any atom is 0.272 e. The van der Waals surface area contributed by atoms with Crippen molar-refractivity contribution in [1.82, 2.24) is 9.88 Å². The van der Waals surface area contributed by atoms with E-state index in [1.165, 1.54) is 0 Å². The Bertz CT molecular complexity index is 393. The van der Waals surface area contributed by atoms with Crippen LogP contribution in [0.1, 0.15) is 17.4 Å². The van der Waals surface area contributed by atoms with E-state index in [4.69, 9.17) is 0 Å². The van der Waals surface area contributed by atoms with Crippen LogP contribution in [0, 0.1) is 0 Å². The number of aromatic nitrogens is 1. The first-order valence-electron chi connectivity index (χ1n) is 5.75. The van der Waals surface area contributed by atoms with Crippen LogP contribution in [0.15, 0.2) is 18.3 Å². The fourth-order valence-corrected chi connectivity index (χ4v) is 2.85. The van der Waals surface area contributed by atoms with Crippen molar-refractivity contribution in [1.29, 1.82) is 0 Å². The third-order valence-corrected chi connectivity index (χ3v) is 3.94. The van der Waals surface area contributed by atoms with Crippen LogP contribution in [0.25, 0.3) is 0 Å². The van der Waals surface area contributed by atoms with E-state index < -0.39 is 0 Å². The smallest absolute Gasteiger partial charge is 0.272 e. The van der Waals surface area contributed by atoms with Gasteiger partial charge in [-0.3, -0.25) is 4.79 Å². The first kappa shape index (κ1) is 12.2. The lowest BCUT2D eigenvalue weighted by Gasteiger charge is -2.30. The van der Waals surface area contributed by atoms with Gasteiger partial charge in [0.2, 0.25) is 0 Å². The number of hydrogen-bond acceptors (Lipinski definition) is 4. The van der Waals surface area contributed by atoms with Crippen LogP contribution in [-0.4, -0.2) is 46.9 Å². The zero-order valence-corrected chi connectivity index (χ0v) is 11.0. The van der Waals surface area contributed by atoms with Crippen molar-refractivity contribution in [3.05, 3.63) is 24.0 Å². The van der Waals surface area contributed by atoms with Gasteiger partial charge < -0.3 is 10.2 Å². The lowest BCUT2D eigenvalue weighted by atomic mass is 10.2. The number of carbonyl (C=O) groups is 1. The number of anilines is 1. The molecule has 1 aromatic rings. The summed E-state index contributed by atoms with van der Waals surface area (Å²) in [6.45, 7) is 3.80. The van der Waals surface area contributed by atoms with E-state index in [1.54, 1.807) is 12.3 Å². The molecule has 17 heavy (non-hydrogen) atoms. The van der Waals surface area contributed by atoms with Crippen LogP contribution in [0.5, 0.6) is 0 Å². The Hall–Kier alpha value is -1.23. The Kier molecular flexibility index (Phi) is 3.89. The number of pyridine rings is 1. The molecule has 4 nitrogen and oxygen atoms in total. The Morgan fingerprint density at radius 1 is 1.59 bits per heavy atom. The van der Waals surface area contributed by atoms with Crippen molar-refractivity contribution < 1.29 is 4.79 Å². The zero-order chi connectivity index (χ0) is 12.3. The van der Waals surface area contributed by atoms with E-state index in [-0.39, 0.29) is 5.91 Å². The van der Waals surface area contributed by atoms with E-state index in [0.29, 0.717) is 10.9 Å². The first-order valence-corrected chi connectivity index (χ1v) is 6.80. The monoisotopic (exact) mass is 251 g/mol. The highest BCUT2D eigenvalue weighted by Crippen LogP contribution is 2.19. The fourth-order valence-electron chi connectivity index (χ4n) is 1.83. The van der Waals surface area contributed by atoms with Crippen molar-refractivity contribution in [3.63, 3.8) is 0 Å². The molecule has 1 aliphatic heterocycles. The topological polar surface area (TPSA) is 45.2 Å². The molecule has 0 spiro atoms. The molecule has 92 valence electrons. The molecule has 2 rings (SSSR count). The minimum Gasteiger partial charge on any atom is -0.387 e. The summed E-state index contributed by atoms with van der Waals surface area (Å²) < 4.78 is 0. The van der Waals surface area contributed by atoms with Crippen LogP contribution in [0.4, 0.5) is 5.69 Å². The maximum atomic E-state index is 12.2. The predicted octanol–water partition coefficient (Wildman–Crippen LogP) is 1.70. The molecule has 1 unspecified atom stereocenters. The van der Waals surface area contributed by atoms with Crippen molar-refractivity contribution in [2.45, 2.75) is 12.2 Å². The van der Waals surface area contributed by atoms with E-state index in [0.717, 1.165) is 24.5 Å². The molecular formula is C12H17N3OS. The standard InChI is InChI=1S/C12H17N3OS/c1-9-8-15(5-6-17-9)12(16)11-4-3-10(13-2)7-14-11/h3-4,7,9,13H,5-6,8H2,1-2H3. The van der Waals surface area contributed by atoms with Gasteiger partial charge in [-0.1, -0.05) is 6.92 Å². The molecule has 1 aliphatic rings. The highest BCUT2D eigenvalue weighted by atomic mass is 32.2. The molecule has 5 heteroatoms. The molecule has 1 fully saturated rings. The van der Waals surface area contributed by atoms with E-state index in [2.05, 4.69) is 17.2 Å². The molecule has 0 bridgehead atoms. The Labute approximate surface area is 106 Å². The SMILES string of the molecule is CNc1ccc(C(=O)N2CCSC(C)C2)nc1. The molecule has 0 aromatic carbocycles. The number of carbonyl (C=O) groups excluding carboxylic acids is 1. The van der Waals surface area contributed by atoms with Crippen molar-refractivity contribution in [3.8, 4) is 0 Å². The molecule has 1 N–H and O–H groups in total. The molecule has 0 aliphatic carbocycles. The summed E-state index contributed by atoms with van der Waals surface area (Å²) in [7, 11) is 1.84. The summed E-state index contributed by atoms with van der Waals surface area (Å²) in [4.78, 5) is 18.3. The Balaban J connectivity index is 2.07. The summed E-state index contributed by atoms with van der Waals surface area (Å²) in [5, 5.41) is 3.51. The van der Waals surface area contributed by atoms with Gasteiger partial charge in [0.1, 0.15) is 5.69 Å². The largest absolute Gasteiger partial charge is 0.387 e. The molecule has 2 heterocycles. The third-order valence-electron chi connectivity index (χ3n) is 2.80. The van der Waals surface area contributed by atoms with Gasteiger partial charge >= 0.3 is 0 Å². The van der Waals surface area contributed by atoms with Crippen molar-refractivity contribution in [2.24, 2.45) is 0 Å². The number of nitrogens with zero attached hydrogens (tertiary/aromatic N) is 2. The molecule has 0 radical (unpaired) electrons. The molecule has 1 aromatic heterocycles. The maximum absolute atomic E-state index is 12.2. The summed E-state index contributed by atoms with van der Waals surface area (Å²) >= 11 is 1.92. The molecule has 1 saturated heterocycles. The van der Waals surface area contributed by atoms with E-state index in [1.807, 2.05) is 29.8 Å². The zero-order valence-electron chi connectivity index (χ0n) is 10.1. The second kappa shape index (κ2) is 5.40. The highest BCUT2D eigenvalue weighted by Gasteiger charge is 2.22. The van der Waals surface area contributed by atoms with Gasteiger partial charge in [-0.2, -0.15) is 11.8 Å². The normalized spacial score (nSPS) is 20.1. The highest BCUT2D eigenvalue weighted by molar-refractivity contribution is 7.99. The lowest BCUT2D eigenvalue weighted by Crippen LogP contribution is -2.41. The van der Waals surface area contributed by atoms with Crippen LogP contribution >= 0.6 is 11.8 Å². The fraction of sp³-hybridized carbons (Fsp3) is 0.500. The minimum absolute atomic E-state index is 0.0415. The van der Waals surface area contributed by atoms with Crippen LogP contribution in [-0.2, 0) is 0 Å². The minimum atomic E-state index is 0.0415. The predicted molar refractivity (Wildman–Crippen MR) is 71.6 cm³/mol. The molecular weight excluding hydrogens is 234 g/mol. The number of thioether (sulfide) groups is 1. The number of hydrogen-bond donors (Lipinski definition) is 1. The quantitative estimate of drug-likeness (QED) is 0.869. The Morgan fingerprint density at radius 2 is 2.41 bits per heavy atom. The first-order chi connectivity index (χ1) is 8.20. The molecule has 0 saturated carbocycles. The van der Waals surface area contributed by atoms with Gasteiger partial charge in [0.25, 0.3) is 5.91 Å². The third kappa shape index (κ3) is 2.91. The van der Waals surface area contributed by atoms with Crippen LogP contribution in [0.2, 0.25) is 0 Å². The van der Waals surface area contributed by atoms with Gasteiger partial charge in [-0.05, 0) is 12.1 Å². The van der Waals surface area contributed by atoms with Crippen molar-refractivity contribution >= 4 is 23.4 Å². The van der Waals surface area contributed by atoms with E-state index in [9.17, 15) is 4.79 Å².